The number of nitrogens with two attached hydrogens (primary N) is 1. The van der Waals surface area contributed by atoms with Crippen molar-refractivity contribution in [2.45, 2.75) is 69.5 Å². The van der Waals surface area contributed by atoms with E-state index < -0.39 is 17.5 Å². The molecule has 27 heavy (non-hydrogen) atoms. The molecule has 1 aromatic carbocycles. The second-order valence-corrected chi connectivity index (χ2v) is 8.16. The molecule has 144 valence electrons. The van der Waals surface area contributed by atoms with Gasteiger partial charge in [0.05, 0.1) is 12.0 Å². The van der Waals surface area contributed by atoms with Gasteiger partial charge >= 0.3 is 0 Å². The van der Waals surface area contributed by atoms with Crippen LogP contribution in [-0.2, 0) is 16.1 Å². The minimum absolute atomic E-state index is 0.0353. The van der Waals surface area contributed by atoms with E-state index in [1.165, 1.54) is 0 Å². The Bertz CT molecular complexity index is 770. The van der Waals surface area contributed by atoms with Gasteiger partial charge in [-0.1, -0.05) is 37.5 Å². The highest BCUT2D eigenvalue weighted by Gasteiger charge is 2.47. The van der Waals surface area contributed by atoms with E-state index in [1.54, 1.807) is 4.90 Å². The van der Waals surface area contributed by atoms with E-state index in [2.05, 4.69) is 0 Å². The third-order valence-electron chi connectivity index (χ3n) is 6.56. The molecule has 0 aromatic heterocycles. The Hall–Kier alpha value is -2.37. The SMILES string of the molecule is NC(=O)[C@H]1CCCN1C(=O)CC1(N2Cc3ccccc3C2=O)CCCCC1. The third kappa shape index (κ3) is 3.11. The first kappa shape index (κ1) is 18.0. The number of primary amides is 1. The second-order valence-electron chi connectivity index (χ2n) is 8.16. The number of rotatable bonds is 4. The smallest absolute Gasteiger partial charge is 0.254 e. The minimum Gasteiger partial charge on any atom is -0.368 e. The topological polar surface area (TPSA) is 83.7 Å². The molecular formula is C21H27N3O3. The van der Waals surface area contributed by atoms with Gasteiger partial charge in [0.15, 0.2) is 0 Å². The maximum absolute atomic E-state index is 13.2. The molecule has 6 heteroatoms. The molecule has 0 bridgehead atoms. The zero-order valence-electron chi connectivity index (χ0n) is 15.7. The molecule has 3 amide bonds. The number of hydrogen-bond donors (Lipinski definition) is 1. The molecule has 0 spiro atoms. The molecule has 2 heterocycles. The van der Waals surface area contributed by atoms with Crippen LogP contribution in [0.2, 0.25) is 0 Å². The first-order valence-electron chi connectivity index (χ1n) is 10.0. The quantitative estimate of drug-likeness (QED) is 0.883. The standard InChI is InChI=1S/C21H27N3O3/c22-19(26)17-9-6-12-23(17)18(25)13-21(10-4-1-5-11-21)24-14-15-7-2-3-8-16(15)20(24)27/h2-3,7-8,17H,1,4-6,9-14H2,(H2,22,26)/t17-/m1/s1. The van der Waals surface area contributed by atoms with Gasteiger partial charge in [0.25, 0.3) is 5.91 Å². The minimum atomic E-state index is -0.496. The highest BCUT2D eigenvalue weighted by Crippen LogP contribution is 2.42. The fourth-order valence-corrected chi connectivity index (χ4v) is 5.13. The summed E-state index contributed by atoms with van der Waals surface area (Å²) in [6.07, 6.45) is 6.60. The summed E-state index contributed by atoms with van der Waals surface area (Å²) in [4.78, 5) is 41.5. The van der Waals surface area contributed by atoms with Crippen molar-refractivity contribution in [3.8, 4) is 0 Å². The van der Waals surface area contributed by atoms with Crippen LogP contribution in [0, 0.1) is 0 Å². The number of benzene rings is 1. The highest BCUT2D eigenvalue weighted by molar-refractivity contribution is 5.99. The van der Waals surface area contributed by atoms with E-state index in [1.807, 2.05) is 29.2 Å². The molecular weight excluding hydrogens is 342 g/mol. The van der Waals surface area contributed by atoms with Gasteiger partial charge in [0.1, 0.15) is 6.04 Å². The Kier molecular flexibility index (Phi) is 4.66. The molecule has 1 atom stereocenters. The Morgan fingerprint density at radius 2 is 1.85 bits per heavy atom. The molecule has 1 saturated heterocycles. The van der Waals surface area contributed by atoms with Gasteiger partial charge in [-0.05, 0) is 37.3 Å². The van der Waals surface area contributed by atoms with E-state index >= 15 is 0 Å². The van der Waals surface area contributed by atoms with E-state index in [0.29, 0.717) is 19.5 Å². The molecule has 0 radical (unpaired) electrons. The van der Waals surface area contributed by atoms with Crippen molar-refractivity contribution < 1.29 is 14.4 Å². The van der Waals surface area contributed by atoms with Gasteiger partial charge in [0, 0.05) is 18.7 Å². The summed E-state index contributed by atoms with van der Waals surface area (Å²) in [7, 11) is 0. The van der Waals surface area contributed by atoms with E-state index in [-0.39, 0.29) is 18.2 Å². The van der Waals surface area contributed by atoms with Crippen LogP contribution in [0.3, 0.4) is 0 Å². The number of carbonyl (C=O) groups is 3. The summed E-state index contributed by atoms with van der Waals surface area (Å²) in [6.45, 7) is 1.15. The van der Waals surface area contributed by atoms with Gasteiger partial charge in [-0.25, -0.2) is 0 Å². The Morgan fingerprint density at radius 3 is 2.56 bits per heavy atom. The van der Waals surface area contributed by atoms with Crippen LogP contribution in [0.25, 0.3) is 0 Å². The summed E-state index contributed by atoms with van der Waals surface area (Å²) in [6, 6.07) is 7.22. The molecule has 2 aliphatic heterocycles. The van der Waals surface area contributed by atoms with Crippen LogP contribution in [0.4, 0.5) is 0 Å². The third-order valence-corrected chi connectivity index (χ3v) is 6.56. The van der Waals surface area contributed by atoms with E-state index in [9.17, 15) is 14.4 Å². The Balaban J connectivity index is 1.59. The van der Waals surface area contributed by atoms with Gasteiger partial charge in [-0.3, -0.25) is 14.4 Å². The maximum atomic E-state index is 13.2. The van der Waals surface area contributed by atoms with Crippen LogP contribution < -0.4 is 5.73 Å². The van der Waals surface area contributed by atoms with Gasteiger partial charge in [0.2, 0.25) is 11.8 Å². The van der Waals surface area contributed by atoms with Crippen molar-refractivity contribution in [2.75, 3.05) is 6.54 Å². The number of hydrogen-bond acceptors (Lipinski definition) is 3. The van der Waals surface area contributed by atoms with Crippen LogP contribution in [0.1, 0.15) is 67.3 Å². The first-order valence-corrected chi connectivity index (χ1v) is 10.0. The normalized spacial score (nSPS) is 24.1. The van der Waals surface area contributed by atoms with Crippen molar-refractivity contribution >= 4 is 17.7 Å². The second kappa shape index (κ2) is 6.98. The van der Waals surface area contributed by atoms with Crippen molar-refractivity contribution in [1.29, 1.82) is 0 Å². The van der Waals surface area contributed by atoms with Gasteiger partial charge in [-0.15, -0.1) is 0 Å². The summed E-state index contributed by atoms with van der Waals surface area (Å²) in [5.74, 6) is -0.432. The Morgan fingerprint density at radius 1 is 1.11 bits per heavy atom. The lowest BCUT2D eigenvalue weighted by Crippen LogP contribution is -2.54. The number of fused-ring (bicyclic) bond motifs is 1. The van der Waals surface area contributed by atoms with Crippen molar-refractivity contribution in [3.63, 3.8) is 0 Å². The molecule has 4 rings (SSSR count). The van der Waals surface area contributed by atoms with Crippen LogP contribution in [0.15, 0.2) is 24.3 Å². The fourth-order valence-electron chi connectivity index (χ4n) is 5.13. The fraction of sp³-hybridized carbons (Fsp3) is 0.571. The molecule has 1 aromatic rings. The van der Waals surface area contributed by atoms with E-state index in [4.69, 9.17) is 5.73 Å². The lowest BCUT2D eigenvalue weighted by Gasteiger charge is -2.45. The molecule has 2 N–H and O–H groups in total. The summed E-state index contributed by atoms with van der Waals surface area (Å²) < 4.78 is 0. The number of amides is 3. The lowest BCUT2D eigenvalue weighted by molar-refractivity contribution is -0.140. The predicted octanol–water partition coefficient (Wildman–Crippen LogP) is 2.21. The van der Waals surface area contributed by atoms with Crippen molar-refractivity contribution in [1.82, 2.24) is 9.80 Å². The number of likely N-dealkylation sites (tertiary alicyclic amines) is 1. The molecule has 1 aliphatic carbocycles. The van der Waals surface area contributed by atoms with Crippen molar-refractivity contribution in [3.05, 3.63) is 35.4 Å². The average Bonchev–Trinajstić information content (AvgIpc) is 3.28. The summed E-state index contributed by atoms with van der Waals surface area (Å²) >= 11 is 0. The zero-order valence-corrected chi connectivity index (χ0v) is 15.7. The number of carbonyl (C=O) groups excluding carboxylic acids is 3. The van der Waals surface area contributed by atoms with Gasteiger partial charge in [-0.2, -0.15) is 0 Å². The van der Waals surface area contributed by atoms with Gasteiger partial charge < -0.3 is 15.5 Å². The van der Waals surface area contributed by atoms with E-state index in [0.717, 1.165) is 49.7 Å². The summed E-state index contributed by atoms with van der Waals surface area (Å²) in [5.41, 5.74) is 6.84. The van der Waals surface area contributed by atoms with Crippen LogP contribution in [-0.4, -0.2) is 45.6 Å². The highest BCUT2D eigenvalue weighted by atomic mass is 16.2. The molecule has 3 aliphatic rings. The molecule has 0 unspecified atom stereocenters. The van der Waals surface area contributed by atoms with Crippen LogP contribution >= 0.6 is 0 Å². The Labute approximate surface area is 159 Å². The first-order chi connectivity index (χ1) is 13.0. The molecule has 1 saturated carbocycles. The lowest BCUT2D eigenvalue weighted by atomic mass is 9.77. The van der Waals surface area contributed by atoms with Crippen LogP contribution in [0.5, 0.6) is 0 Å². The largest absolute Gasteiger partial charge is 0.368 e. The number of nitrogens with zero attached hydrogens (tertiary/aromatic N) is 2. The zero-order chi connectivity index (χ0) is 19.0. The summed E-state index contributed by atoms with van der Waals surface area (Å²) in [5, 5.41) is 0. The predicted molar refractivity (Wildman–Crippen MR) is 101 cm³/mol. The monoisotopic (exact) mass is 369 g/mol. The molecule has 6 nitrogen and oxygen atoms in total. The molecule has 2 fully saturated rings. The maximum Gasteiger partial charge on any atom is 0.254 e. The average molecular weight is 369 g/mol. The van der Waals surface area contributed by atoms with Crippen molar-refractivity contribution in [2.24, 2.45) is 5.73 Å².